The molecule has 1 amide bonds. The SMILES string of the molecule is COc1ccccc1NC(=O)c1cn(-c2ncccc2-c2nc(C(C)(C)C)no2)cn1. The van der Waals surface area contributed by atoms with Crippen LogP contribution in [0.4, 0.5) is 5.69 Å². The molecule has 0 saturated heterocycles. The van der Waals surface area contributed by atoms with E-state index in [1.807, 2.05) is 39.0 Å². The third kappa shape index (κ3) is 4.16. The van der Waals surface area contributed by atoms with Crippen LogP contribution in [-0.2, 0) is 5.41 Å². The van der Waals surface area contributed by atoms with Crippen molar-refractivity contribution in [2.45, 2.75) is 26.2 Å². The Morgan fingerprint density at radius 2 is 1.94 bits per heavy atom. The summed E-state index contributed by atoms with van der Waals surface area (Å²) >= 11 is 0. The maximum Gasteiger partial charge on any atom is 0.275 e. The van der Waals surface area contributed by atoms with E-state index in [2.05, 4.69) is 25.4 Å². The number of nitrogens with zero attached hydrogens (tertiary/aromatic N) is 5. The van der Waals surface area contributed by atoms with Crippen molar-refractivity contribution < 1.29 is 14.1 Å². The van der Waals surface area contributed by atoms with Crippen molar-refractivity contribution in [2.75, 3.05) is 12.4 Å². The first kappa shape index (κ1) is 20.3. The predicted octanol–water partition coefficient (Wildman–Crippen LogP) is 3.88. The summed E-state index contributed by atoms with van der Waals surface area (Å²) in [6.07, 6.45) is 4.76. The fraction of sp³-hybridized carbons (Fsp3) is 0.227. The van der Waals surface area contributed by atoms with Gasteiger partial charge in [-0.05, 0) is 24.3 Å². The molecule has 4 rings (SSSR count). The molecule has 4 aromatic rings. The fourth-order valence-electron chi connectivity index (χ4n) is 2.90. The molecule has 0 aliphatic rings. The van der Waals surface area contributed by atoms with Crippen molar-refractivity contribution in [3.8, 4) is 23.0 Å². The summed E-state index contributed by atoms with van der Waals surface area (Å²) in [5.74, 6) is 1.67. The number of rotatable bonds is 5. The minimum atomic E-state index is -0.367. The maximum atomic E-state index is 12.7. The van der Waals surface area contributed by atoms with Crippen LogP contribution in [0.2, 0.25) is 0 Å². The second kappa shape index (κ2) is 8.02. The Morgan fingerprint density at radius 3 is 2.68 bits per heavy atom. The van der Waals surface area contributed by atoms with E-state index in [1.165, 1.54) is 6.33 Å². The molecule has 31 heavy (non-hydrogen) atoms. The summed E-state index contributed by atoms with van der Waals surface area (Å²) in [4.78, 5) is 25.9. The number of carbonyl (C=O) groups excluding carboxylic acids is 1. The number of aromatic nitrogens is 5. The standard InChI is InChI=1S/C22H22N6O3/c1-22(2,3)21-26-20(31-27-21)14-8-7-11-23-18(14)28-12-16(24-13-28)19(29)25-15-9-5-6-10-17(15)30-4/h5-13H,1-4H3,(H,25,29). The van der Waals surface area contributed by atoms with E-state index >= 15 is 0 Å². The molecule has 0 aliphatic heterocycles. The summed E-state index contributed by atoms with van der Waals surface area (Å²) in [6.45, 7) is 6.02. The van der Waals surface area contributed by atoms with Gasteiger partial charge in [-0.2, -0.15) is 4.98 Å². The van der Waals surface area contributed by atoms with Crippen molar-refractivity contribution >= 4 is 11.6 Å². The zero-order valence-electron chi connectivity index (χ0n) is 17.7. The number of methoxy groups -OCH3 is 1. The van der Waals surface area contributed by atoms with Crippen molar-refractivity contribution in [1.29, 1.82) is 0 Å². The molecule has 0 bridgehead atoms. The number of imidazole rings is 1. The molecule has 0 spiro atoms. The fourth-order valence-corrected chi connectivity index (χ4v) is 2.90. The van der Waals surface area contributed by atoms with E-state index in [9.17, 15) is 4.79 Å². The van der Waals surface area contributed by atoms with Gasteiger partial charge < -0.3 is 14.6 Å². The number of nitrogens with one attached hydrogen (secondary N) is 1. The number of ether oxygens (including phenoxy) is 1. The molecule has 0 unspecified atom stereocenters. The summed E-state index contributed by atoms with van der Waals surface area (Å²) < 4.78 is 12.4. The number of carbonyl (C=O) groups is 1. The van der Waals surface area contributed by atoms with Gasteiger partial charge in [-0.3, -0.25) is 9.36 Å². The van der Waals surface area contributed by atoms with Crippen LogP contribution in [0.5, 0.6) is 5.75 Å². The first-order chi connectivity index (χ1) is 14.9. The molecule has 3 aromatic heterocycles. The van der Waals surface area contributed by atoms with Gasteiger partial charge in [-0.15, -0.1) is 0 Å². The molecule has 1 N–H and O–H groups in total. The third-order valence-electron chi connectivity index (χ3n) is 4.53. The summed E-state index contributed by atoms with van der Waals surface area (Å²) in [7, 11) is 1.55. The van der Waals surface area contributed by atoms with E-state index in [-0.39, 0.29) is 17.0 Å². The van der Waals surface area contributed by atoms with Gasteiger partial charge in [0.2, 0.25) is 0 Å². The molecule has 0 atom stereocenters. The Labute approximate surface area is 179 Å². The highest BCUT2D eigenvalue weighted by molar-refractivity contribution is 6.03. The van der Waals surface area contributed by atoms with Crippen LogP contribution in [0.25, 0.3) is 17.3 Å². The number of benzene rings is 1. The average Bonchev–Trinajstić information content (AvgIpc) is 3.44. The van der Waals surface area contributed by atoms with Crippen LogP contribution in [-0.4, -0.2) is 37.7 Å². The highest BCUT2D eigenvalue weighted by atomic mass is 16.5. The molecule has 0 fully saturated rings. The minimum absolute atomic E-state index is 0.225. The number of hydrogen-bond acceptors (Lipinski definition) is 7. The Hall–Kier alpha value is -4.01. The van der Waals surface area contributed by atoms with Crippen LogP contribution < -0.4 is 10.1 Å². The zero-order valence-corrected chi connectivity index (χ0v) is 17.7. The quantitative estimate of drug-likeness (QED) is 0.524. The number of hydrogen-bond donors (Lipinski definition) is 1. The van der Waals surface area contributed by atoms with Gasteiger partial charge >= 0.3 is 0 Å². The Bertz CT molecular complexity index is 1220. The smallest absolute Gasteiger partial charge is 0.275 e. The Morgan fingerprint density at radius 1 is 1.13 bits per heavy atom. The van der Waals surface area contributed by atoms with Gasteiger partial charge in [-0.25, -0.2) is 9.97 Å². The zero-order chi connectivity index (χ0) is 22.0. The van der Waals surface area contributed by atoms with Crippen LogP contribution in [0.3, 0.4) is 0 Å². The van der Waals surface area contributed by atoms with E-state index in [0.29, 0.717) is 34.5 Å². The molecule has 0 radical (unpaired) electrons. The maximum absolute atomic E-state index is 12.7. The largest absolute Gasteiger partial charge is 0.495 e. The first-order valence-electron chi connectivity index (χ1n) is 9.65. The molecular weight excluding hydrogens is 396 g/mol. The highest BCUT2D eigenvalue weighted by Gasteiger charge is 2.23. The van der Waals surface area contributed by atoms with Crippen LogP contribution in [0.15, 0.2) is 59.6 Å². The lowest BCUT2D eigenvalue weighted by molar-refractivity contribution is 0.102. The van der Waals surface area contributed by atoms with Gasteiger partial charge in [0.05, 0.1) is 18.4 Å². The second-order valence-electron chi connectivity index (χ2n) is 7.87. The van der Waals surface area contributed by atoms with Crippen molar-refractivity contribution in [1.82, 2.24) is 24.7 Å². The van der Waals surface area contributed by atoms with Gasteiger partial charge in [0.25, 0.3) is 11.8 Å². The lowest BCUT2D eigenvalue weighted by atomic mass is 9.96. The lowest BCUT2D eigenvalue weighted by Gasteiger charge is -2.11. The topological polar surface area (TPSA) is 108 Å². The van der Waals surface area contributed by atoms with Crippen LogP contribution >= 0.6 is 0 Å². The summed E-state index contributed by atoms with van der Waals surface area (Å²) in [5.41, 5.74) is 1.18. The summed E-state index contributed by atoms with van der Waals surface area (Å²) in [5, 5.41) is 6.89. The molecule has 1 aromatic carbocycles. The molecule has 3 heterocycles. The Kier molecular flexibility index (Phi) is 5.24. The lowest BCUT2D eigenvalue weighted by Crippen LogP contribution is -2.13. The van der Waals surface area contributed by atoms with Gasteiger partial charge in [-0.1, -0.05) is 38.1 Å². The molecule has 9 heteroatoms. The monoisotopic (exact) mass is 418 g/mol. The number of amides is 1. The van der Waals surface area contributed by atoms with Crippen LogP contribution in [0.1, 0.15) is 37.1 Å². The first-order valence-corrected chi connectivity index (χ1v) is 9.65. The highest BCUT2D eigenvalue weighted by Crippen LogP contribution is 2.27. The minimum Gasteiger partial charge on any atom is -0.495 e. The predicted molar refractivity (Wildman–Crippen MR) is 114 cm³/mol. The van der Waals surface area contributed by atoms with E-state index < -0.39 is 0 Å². The van der Waals surface area contributed by atoms with Gasteiger partial charge in [0.15, 0.2) is 11.6 Å². The average molecular weight is 418 g/mol. The number of anilines is 1. The molecule has 0 saturated carbocycles. The van der Waals surface area contributed by atoms with Crippen molar-refractivity contribution in [2.24, 2.45) is 0 Å². The third-order valence-corrected chi connectivity index (χ3v) is 4.53. The van der Waals surface area contributed by atoms with Crippen molar-refractivity contribution in [3.05, 3.63) is 66.6 Å². The number of pyridine rings is 1. The van der Waals surface area contributed by atoms with Crippen LogP contribution in [0, 0.1) is 0 Å². The van der Waals surface area contributed by atoms with Gasteiger partial charge in [0.1, 0.15) is 17.8 Å². The van der Waals surface area contributed by atoms with E-state index in [4.69, 9.17) is 9.26 Å². The molecule has 0 aliphatic carbocycles. The van der Waals surface area contributed by atoms with Gasteiger partial charge in [0, 0.05) is 17.8 Å². The normalized spacial score (nSPS) is 11.4. The Balaban J connectivity index is 1.63. The molecular formula is C22H22N6O3. The number of para-hydroxylation sites is 2. The van der Waals surface area contributed by atoms with Crippen molar-refractivity contribution in [3.63, 3.8) is 0 Å². The second-order valence-corrected chi connectivity index (χ2v) is 7.87. The summed E-state index contributed by atoms with van der Waals surface area (Å²) in [6, 6.07) is 10.8. The van der Waals surface area contributed by atoms with E-state index in [0.717, 1.165) is 0 Å². The molecule has 158 valence electrons. The van der Waals surface area contributed by atoms with E-state index in [1.54, 1.807) is 42.3 Å². The molecule has 9 nitrogen and oxygen atoms in total.